The maximum atomic E-state index is 13.0. The lowest BCUT2D eigenvalue weighted by Gasteiger charge is -2.31. The van der Waals surface area contributed by atoms with Gasteiger partial charge in [-0.1, -0.05) is 0 Å². The first-order chi connectivity index (χ1) is 15.0. The molecular formula is C19H33N5O8. The molecule has 182 valence electrons. The smallest absolute Gasteiger partial charge is 0.326 e. The Bertz CT molecular complexity index is 701. The van der Waals surface area contributed by atoms with Gasteiger partial charge in [0.1, 0.15) is 18.1 Å². The number of rotatable bonds is 13. The number of carboxylic acid groups (broad SMARTS) is 2. The van der Waals surface area contributed by atoms with E-state index in [0.29, 0.717) is 25.8 Å². The fourth-order valence-corrected chi connectivity index (χ4v) is 3.43. The quantitative estimate of drug-likeness (QED) is 0.141. The van der Waals surface area contributed by atoms with Gasteiger partial charge in [0.2, 0.25) is 17.7 Å². The maximum absolute atomic E-state index is 13.0. The largest absolute Gasteiger partial charge is 0.481 e. The summed E-state index contributed by atoms with van der Waals surface area (Å²) < 4.78 is 0. The van der Waals surface area contributed by atoms with Gasteiger partial charge in [-0.15, -0.1) is 0 Å². The summed E-state index contributed by atoms with van der Waals surface area (Å²) in [6, 6.07) is -4.97. The van der Waals surface area contributed by atoms with Crippen molar-refractivity contribution in [3.05, 3.63) is 0 Å². The van der Waals surface area contributed by atoms with Crippen molar-refractivity contribution in [3.8, 4) is 0 Å². The van der Waals surface area contributed by atoms with E-state index < -0.39 is 66.4 Å². The zero-order valence-corrected chi connectivity index (χ0v) is 18.0. The third-order valence-electron chi connectivity index (χ3n) is 5.18. The minimum absolute atomic E-state index is 0.169. The number of hydrogen-bond donors (Lipinski definition) is 7. The molecule has 0 aromatic carbocycles. The van der Waals surface area contributed by atoms with E-state index in [4.69, 9.17) is 16.6 Å². The Labute approximate surface area is 185 Å². The number of aliphatic hydroxyl groups excluding tert-OH is 1. The van der Waals surface area contributed by atoms with E-state index in [1.165, 1.54) is 11.8 Å². The van der Waals surface area contributed by atoms with Gasteiger partial charge in [-0.3, -0.25) is 19.2 Å². The van der Waals surface area contributed by atoms with Crippen molar-refractivity contribution < 1.29 is 39.3 Å². The molecule has 1 fully saturated rings. The Kier molecular flexibility index (Phi) is 11.0. The van der Waals surface area contributed by atoms with E-state index in [1.54, 1.807) is 0 Å². The summed E-state index contributed by atoms with van der Waals surface area (Å²) in [5, 5.41) is 32.8. The Balaban J connectivity index is 2.87. The Morgan fingerprint density at radius 1 is 1.12 bits per heavy atom. The van der Waals surface area contributed by atoms with Crippen molar-refractivity contribution in [1.82, 2.24) is 15.5 Å². The zero-order valence-electron chi connectivity index (χ0n) is 18.0. The minimum Gasteiger partial charge on any atom is -0.481 e. The third kappa shape index (κ3) is 8.05. The fraction of sp³-hybridized carbons (Fsp3) is 0.737. The molecule has 1 saturated heterocycles. The standard InChI is InChI=1S/C19H33N5O8/c1-10(25)15(23-16(28)11(21)9-14(26)27)18(30)24-8-4-6-13(24)17(29)22-12(19(31)32)5-2-3-7-20/h10-13,15,25H,2-9,20-21H2,1H3,(H,22,29)(H,23,28)(H,26,27)(H,31,32). The van der Waals surface area contributed by atoms with Gasteiger partial charge in [-0.2, -0.15) is 0 Å². The first kappa shape index (κ1) is 27.3. The number of carbonyl (C=O) groups is 5. The number of nitrogens with two attached hydrogens (primary N) is 2. The lowest BCUT2D eigenvalue weighted by molar-refractivity contribution is -0.146. The topological polar surface area (TPSA) is 225 Å². The Hall–Kier alpha value is -2.77. The van der Waals surface area contributed by atoms with Gasteiger partial charge in [0.15, 0.2) is 0 Å². The van der Waals surface area contributed by atoms with E-state index in [2.05, 4.69) is 10.6 Å². The van der Waals surface area contributed by atoms with Crippen LogP contribution in [0.2, 0.25) is 0 Å². The van der Waals surface area contributed by atoms with Gasteiger partial charge >= 0.3 is 11.9 Å². The molecule has 1 aliphatic heterocycles. The molecule has 0 aromatic rings. The average Bonchev–Trinajstić information content (AvgIpc) is 3.19. The number of nitrogens with one attached hydrogen (secondary N) is 2. The molecule has 0 bridgehead atoms. The van der Waals surface area contributed by atoms with Gasteiger partial charge in [0.05, 0.1) is 18.6 Å². The van der Waals surface area contributed by atoms with Gasteiger partial charge in [0, 0.05) is 6.54 Å². The van der Waals surface area contributed by atoms with Crippen LogP contribution in [0.3, 0.4) is 0 Å². The summed E-state index contributed by atoms with van der Waals surface area (Å²) in [7, 11) is 0. The molecule has 0 saturated carbocycles. The van der Waals surface area contributed by atoms with Gasteiger partial charge < -0.3 is 42.3 Å². The van der Waals surface area contributed by atoms with Gasteiger partial charge in [-0.05, 0) is 45.6 Å². The van der Waals surface area contributed by atoms with Crippen LogP contribution in [-0.2, 0) is 24.0 Å². The summed E-state index contributed by atoms with van der Waals surface area (Å²) in [6.45, 7) is 1.82. The molecule has 9 N–H and O–H groups in total. The van der Waals surface area contributed by atoms with Crippen molar-refractivity contribution in [2.24, 2.45) is 11.5 Å². The van der Waals surface area contributed by atoms with Crippen LogP contribution in [0, 0.1) is 0 Å². The van der Waals surface area contributed by atoms with Crippen molar-refractivity contribution in [1.29, 1.82) is 0 Å². The number of aliphatic hydroxyl groups is 1. The first-order valence-electron chi connectivity index (χ1n) is 10.5. The average molecular weight is 460 g/mol. The summed E-state index contributed by atoms with van der Waals surface area (Å²) >= 11 is 0. The molecule has 3 amide bonds. The van der Waals surface area contributed by atoms with Crippen LogP contribution in [0.4, 0.5) is 0 Å². The van der Waals surface area contributed by atoms with Crippen LogP contribution in [0.1, 0.15) is 45.4 Å². The van der Waals surface area contributed by atoms with E-state index >= 15 is 0 Å². The highest BCUT2D eigenvalue weighted by molar-refractivity contribution is 5.95. The highest BCUT2D eigenvalue weighted by atomic mass is 16.4. The number of aliphatic carboxylic acids is 2. The second-order valence-corrected chi connectivity index (χ2v) is 7.80. The molecule has 1 aliphatic rings. The molecule has 13 heteroatoms. The van der Waals surface area contributed by atoms with Crippen LogP contribution in [0.5, 0.6) is 0 Å². The molecule has 1 rings (SSSR count). The van der Waals surface area contributed by atoms with Crippen molar-refractivity contribution in [2.75, 3.05) is 13.1 Å². The van der Waals surface area contributed by atoms with Gasteiger partial charge in [-0.25, -0.2) is 4.79 Å². The van der Waals surface area contributed by atoms with E-state index in [9.17, 15) is 34.2 Å². The predicted molar refractivity (Wildman–Crippen MR) is 111 cm³/mol. The van der Waals surface area contributed by atoms with Crippen LogP contribution in [0.25, 0.3) is 0 Å². The van der Waals surface area contributed by atoms with Crippen LogP contribution in [0.15, 0.2) is 0 Å². The second-order valence-electron chi connectivity index (χ2n) is 7.80. The number of hydrogen-bond acceptors (Lipinski definition) is 8. The molecule has 13 nitrogen and oxygen atoms in total. The number of carboxylic acids is 2. The first-order valence-corrected chi connectivity index (χ1v) is 10.5. The summed E-state index contributed by atoms with van der Waals surface area (Å²) in [5.41, 5.74) is 10.9. The van der Waals surface area contributed by atoms with Gasteiger partial charge in [0.25, 0.3) is 0 Å². The molecule has 5 atom stereocenters. The second kappa shape index (κ2) is 12.9. The number of likely N-dealkylation sites (tertiary alicyclic amines) is 1. The summed E-state index contributed by atoms with van der Waals surface area (Å²) in [5.74, 6) is -4.83. The molecule has 5 unspecified atom stereocenters. The van der Waals surface area contributed by atoms with E-state index in [-0.39, 0.29) is 19.4 Å². The molecule has 1 heterocycles. The Morgan fingerprint density at radius 2 is 1.78 bits per heavy atom. The summed E-state index contributed by atoms with van der Waals surface area (Å²) in [4.78, 5) is 61.2. The highest BCUT2D eigenvalue weighted by Crippen LogP contribution is 2.20. The predicted octanol–water partition coefficient (Wildman–Crippen LogP) is -2.66. The molecule has 0 spiro atoms. The van der Waals surface area contributed by atoms with Crippen molar-refractivity contribution >= 4 is 29.7 Å². The lowest BCUT2D eigenvalue weighted by atomic mass is 10.1. The molecule has 0 radical (unpaired) electrons. The van der Waals surface area contributed by atoms with Crippen molar-refractivity contribution in [2.45, 2.75) is 75.7 Å². The van der Waals surface area contributed by atoms with E-state index in [0.717, 1.165) is 0 Å². The van der Waals surface area contributed by atoms with Crippen LogP contribution in [-0.4, -0.2) is 93.2 Å². The van der Waals surface area contributed by atoms with E-state index in [1.807, 2.05) is 0 Å². The monoisotopic (exact) mass is 459 g/mol. The number of amides is 3. The molecule has 32 heavy (non-hydrogen) atoms. The maximum Gasteiger partial charge on any atom is 0.326 e. The Morgan fingerprint density at radius 3 is 2.31 bits per heavy atom. The minimum atomic E-state index is -1.45. The van der Waals surface area contributed by atoms with Crippen LogP contribution < -0.4 is 22.1 Å². The third-order valence-corrected chi connectivity index (χ3v) is 5.18. The number of unbranched alkanes of at least 4 members (excludes halogenated alkanes) is 1. The molecular weight excluding hydrogens is 426 g/mol. The molecule has 0 aromatic heterocycles. The van der Waals surface area contributed by atoms with Crippen LogP contribution >= 0.6 is 0 Å². The summed E-state index contributed by atoms with van der Waals surface area (Å²) in [6.07, 6.45) is 0.0333. The lowest BCUT2D eigenvalue weighted by Crippen LogP contribution is -2.59. The normalized spacial score (nSPS) is 19.5. The fourth-order valence-electron chi connectivity index (χ4n) is 3.43. The number of nitrogens with zero attached hydrogens (tertiary/aromatic N) is 1. The number of carbonyl (C=O) groups excluding carboxylic acids is 3. The SMILES string of the molecule is CC(O)C(NC(=O)C(N)CC(=O)O)C(=O)N1CCCC1C(=O)NC(CCCCN)C(=O)O. The zero-order chi connectivity index (χ0) is 24.4. The highest BCUT2D eigenvalue weighted by Gasteiger charge is 2.40. The van der Waals surface area contributed by atoms with Crippen molar-refractivity contribution in [3.63, 3.8) is 0 Å². The molecule has 0 aliphatic carbocycles.